The molecular weight excluding hydrogens is 391 g/mol. The van der Waals surface area contributed by atoms with Crippen molar-refractivity contribution in [3.8, 4) is 0 Å². The van der Waals surface area contributed by atoms with Crippen LogP contribution in [-0.4, -0.2) is 54.1 Å². The lowest BCUT2D eigenvalue weighted by Crippen LogP contribution is -2.49. The Hall–Kier alpha value is -2.58. The number of aromatic nitrogens is 2. The molecule has 8 heteroatoms. The van der Waals surface area contributed by atoms with Gasteiger partial charge < -0.3 is 9.64 Å². The fraction of sp³-hybridized carbons (Fsp3) is 0.381. The number of nitrogens with zero attached hydrogens (tertiary/aromatic N) is 4. The maximum Gasteiger partial charge on any atom is 0.327 e. The van der Waals surface area contributed by atoms with Crippen molar-refractivity contribution in [3.63, 3.8) is 0 Å². The molecular formula is C21H23FN4O2S. The van der Waals surface area contributed by atoms with Gasteiger partial charge in [-0.05, 0) is 30.2 Å². The molecule has 0 bridgehead atoms. The first kappa shape index (κ1) is 19.7. The predicted molar refractivity (Wildman–Crippen MR) is 112 cm³/mol. The van der Waals surface area contributed by atoms with Gasteiger partial charge in [0, 0.05) is 31.1 Å². The molecule has 1 aromatic carbocycles. The number of methoxy groups -OCH3 is 1. The highest BCUT2D eigenvalue weighted by atomic mass is 32.1. The van der Waals surface area contributed by atoms with Crippen LogP contribution in [0.2, 0.25) is 0 Å². The summed E-state index contributed by atoms with van der Waals surface area (Å²) in [5, 5.41) is 1.09. The van der Waals surface area contributed by atoms with Crippen molar-refractivity contribution >= 4 is 33.3 Å². The second-order valence-electron chi connectivity index (χ2n) is 6.98. The lowest BCUT2D eigenvalue weighted by molar-refractivity contribution is -0.147. The van der Waals surface area contributed by atoms with Crippen LogP contribution >= 0.6 is 11.3 Å². The number of thiophene rings is 1. The Morgan fingerprint density at radius 1 is 1.21 bits per heavy atom. The quantitative estimate of drug-likeness (QED) is 0.596. The highest BCUT2D eigenvalue weighted by molar-refractivity contribution is 7.18. The molecule has 3 heterocycles. The van der Waals surface area contributed by atoms with E-state index in [0.29, 0.717) is 13.1 Å². The summed E-state index contributed by atoms with van der Waals surface area (Å²) in [4.78, 5) is 28.0. The molecule has 0 radical (unpaired) electrons. The maximum atomic E-state index is 13.3. The average Bonchev–Trinajstić information content (AvgIpc) is 3.19. The zero-order chi connectivity index (χ0) is 20.4. The van der Waals surface area contributed by atoms with Crippen LogP contribution in [0.3, 0.4) is 0 Å². The fourth-order valence-electron chi connectivity index (χ4n) is 3.76. The number of anilines is 1. The maximum absolute atomic E-state index is 13.3. The number of aryl methyl sites for hydroxylation is 1. The summed E-state index contributed by atoms with van der Waals surface area (Å²) in [5.74, 6) is 0.291. The molecule has 0 aliphatic carbocycles. The lowest BCUT2D eigenvalue weighted by Gasteiger charge is -2.38. The van der Waals surface area contributed by atoms with Crippen molar-refractivity contribution in [1.82, 2.24) is 14.9 Å². The van der Waals surface area contributed by atoms with Crippen LogP contribution in [-0.2, 0) is 16.0 Å². The van der Waals surface area contributed by atoms with Gasteiger partial charge in [0.15, 0.2) is 0 Å². The first-order valence-electron chi connectivity index (χ1n) is 9.66. The van der Waals surface area contributed by atoms with Crippen LogP contribution in [0.1, 0.15) is 23.4 Å². The Balaban J connectivity index is 1.54. The fourth-order valence-corrected chi connectivity index (χ4v) is 4.69. The van der Waals surface area contributed by atoms with Gasteiger partial charge in [-0.25, -0.2) is 19.2 Å². The van der Waals surface area contributed by atoms with Gasteiger partial charge in [-0.1, -0.05) is 19.1 Å². The van der Waals surface area contributed by atoms with Gasteiger partial charge in [0.2, 0.25) is 0 Å². The number of halogens is 1. The number of fused-ring (bicyclic) bond motifs is 1. The first-order valence-corrected chi connectivity index (χ1v) is 10.5. The molecule has 152 valence electrons. The molecule has 1 aliphatic heterocycles. The molecule has 1 atom stereocenters. The standard InChI is InChI=1S/C21H23FN4O2S/c1-3-16-12-17-19(23-13-24-20(17)29-16)26-10-8-25(9-11-26)18(21(27)28-2)14-4-6-15(22)7-5-14/h4-7,12-13,18H,3,8-11H2,1-2H3/t18-/m0/s1. The zero-order valence-corrected chi connectivity index (χ0v) is 17.3. The second kappa shape index (κ2) is 8.42. The number of rotatable bonds is 5. The van der Waals surface area contributed by atoms with E-state index >= 15 is 0 Å². The summed E-state index contributed by atoms with van der Waals surface area (Å²) >= 11 is 1.71. The van der Waals surface area contributed by atoms with Gasteiger partial charge in [-0.15, -0.1) is 11.3 Å². The highest BCUT2D eigenvalue weighted by Gasteiger charge is 2.32. The average molecular weight is 415 g/mol. The number of piperazine rings is 1. The molecule has 29 heavy (non-hydrogen) atoms. The molecule has 4 rings (SSSR count). The van der Waals surface area contributed by atoms with E-state index in [4.69, 9.17) is 4.74 Å². The van der Waals surface area contributed by atoms with Crippen LogP contribution in [0.15, 0.2) is 36.7 Å². The smallest absolute Gasteiger partial charge is 0.327 e. The zero-order valence-electron chi connectivity index (χ0n) is 16.5. The molecule has 0 unspecified atom stereocenters. The number of hydrogen-bond acceptors (Lipinski definition) is 7. The van der Waals surface area contributed by atoms with Gasteiger partial charge in [-0.2, -0.15) is 0 Å². The van der Waals surface area contributed by atoms with Gasteiger partial charge in [0.25, 0.3) is 0 Å². The minimum atomic E-state index is -0.541. The summed E-state index contributed by atoms with van der Waals surface area (Å²) < 4.78 is 18.3. The van der Waals surface area contributed by atoms with Crippen molar-refractivity contribution in [3.05, 3.63) is 52.9 Å². The molecule has 0 N–H and O–H groups in total. The molecule has 1 saturated heterocycles. The summed E-state index contributed by atoms with van der Waals surface area (Å²) in [6, 6.07) is 7.68. The Labute approximate surface area is 172 Å². The van der Waals surface area contributed by atoms with Crippen molar-refractivity contribution in [2.45, 2.75) is 19.4 Å². The Morgan fingerprint density at radius 3 is 2.59 bits per heavy atom. The van der Waals surface area contributed by atoms with Gasteiger partial charge in [0.1, 0.15) is 28.8 Å². The lowest BCUT2D eigenvalue weighted by atomic mass is 10.0. The van der Waals surface area contributed by atoms with Crippen LogP contribution in [0.25, 0.3) is 10.2 Å². The van der Waals surface area contributed by atoms with Crippen LogP contribution in [0.5, 0.6) is 0 Å². The van der Waals surface area contributed by atoms with Crippen LogP contribution < -0.4 is 4.90 Å². The highest BCUT2D eigenvalue weighted by Crippen LogP contribution is 2.32. The largest absolute Gasteiger partial charge is 0.468 e. The Kier molecular flexibility index (Phi) is 5.73. The summed E-state index contributed by atoms with van der Waals surface area (Å²) in [7, 11) is 1.38. The second-order valence-corrected chi connectivity index (χ2v) is 8.10. The number of carbonyl (C=O) groups excluding carboxylic acids is 1. The number of benzene rings is 1. The third-order valence-electron chi connectivity index (χ3n) is 5.30. The number of esters is 1. The van der Waals surface area contributed by atoms with E-state index in [-0.39, 0.29) is 11.8 Å². The van der Waals surface area contributed by atoms with Gasteiger partial charge in [-0.3, -0.25) is 4.90 Å². The Bertz CT molecular complexity index is 1000. The van der Waals surface area contributed by atoms with Gasteiger partial charge >= 0.3 is 5.97 Å². The first-order chi connectivity index (χ1) is 14.1. The number of hydrogen-bond donors (Lipinski definition) is 0. The van der Waals surface area contributed by atoms with E-state index in [9.17, 15) is 9.18 Å². The summed E-state index contributed by atoms with van der Waals surface area (Å²) in [6.07, 6.45) is 2.60. The summed E-state index contributed by atoms with van der Waals surface area (Å²) in [5.41, 5.74) is 0.738. The molecule has 3 aromatic rings. The van der Waals surface area contributed by atoms with Crippen LogP contribution in [0.4, 0.5) is 10.2 Å². The monoisotopic (exact) mass is 414 g/mol. The van der Waals surface area contributed by atoms with Crippen molar-refractivity contribution in [2.75, 3.05) is 38.2 Å². The minimum absolute atomic E-state index is 0.322. The van der Waals surface area contributed by atoms with Crippen molar-refractivity contribution < 1.29 is 13.9 Å². The van der Waals surface area contributed by atoms with E-state index in [1.54, 1.807) is 29.8 Å². The third kappa shape index (κ3) is 3.95. The molecule has 0 saturated carbocycles. The molecule has 1 aliphatic rings. The molecule has 0 spiro atoms. The van der Waals surface area contributed by atoms with E-state index in [1.807, 2.05) is 0 Å². The van der Waals surface area contributed by atoms with E-state index in [2.05, 4.69) is 32.8 Å². The molecule has 1 fully saturated rings. The molecule has 0 amide bonds. The van der Waals surface area contributed by atoms with E-state index in [0.717, 1.165) is 41.1 Å². The number of carbonyl (C=O) groups is 1. The SMILES string of the molecule is CCc1cc2c(N3CCN([C@H](C(=O)OC)c4ccc(F)cc4)CC3)ncnc2s1. The third-order valence-corrected chi connectivity index (χ3v) is 6.48. The van der Waals surface area contributed by atoms with E-state index in [1.165, 1.54) is 24.1 Å². The van der Waals surface area contributed by atoms with Crippen molar-refractivity contribution in [1.29, 1.82) is 0 Å². The molecule has 2 aromatic heterocycles. The van der Waals surface area contributed by atoms with E-state index < -0.39 is 6.04 Å². The Morgan fingerprint density at radius 2 is 1.93 bits per heavy atom. The predicted octanol–water partition coefficient (Wildman–Crippen LogP) is 3.43. The molecule has 6 nitrogen and oxygen atoms in total. The number of ether oxygens (including phenoxy) is 1. The summed E-state index contributed by atoms with van der Waals surface area (Å²) in [6.45, 7) is 4.95. The topological polar surface area (TPSA) is 58.6 Å². The van der Waals surface area contributed by atoms with Crippen molar-refractivity contribution in [2.24, 2.45) is 0 Å². The minimum Gasteiger partial charge on any atom is -0.468 e. The normalized spacial score (nSPS) is 16.2. The van der Waals surface area contributed by atoms with Gasteiger partial charge in [0.05, 0.1) is 12.5 Å². The van der Waals surface area contributed by atoms with Crippen LogP contribution in [0, 0.1) is 5.82 Å².